The lowest BCUT2D eigenvalue weighted by molar-refractivity contribution is -0.119. The number of amides is 1. The fourth-order valence-electron chi connectivity index (χ4n) is 4.02. The number of carbonyl (C=O) groups is 2. The summed E-state index contributed by atoms with van der Waals surface area (Å²) >= 11 is 0.437. The zero-order valence-electron chi connectivity index (χ0n) is 20.8. The number of ether oxygens (including phenoxy) is 1. The number of piperidine rings is 1. The van der Waals surface area contributed by atoms with Crippen LogP contribution in [0.25, 0.3) is 0 Å². The Morgan fingerprint density at radius 2 is 1.54 bits per heavy atom. The highest BCUT2D eigenvalue weighted by atomic mass is 32.2. The molecule has 12 heteroatoms. The number of thioether (sulfide) groups is 1. The number of hydrogen-bond acceptors (Lipinski definition) is 7. The summed E-state index contributed by atoms with van der Waals surface area (Å²) in [5.74, 6) is -3.84. The molecule has 0 unspecified atom stereocenters. The molecule has 0 atom stereocenters. The number of sulfonamides is 1. The molecule has 1 aliphatic heterocycles. The van der Waals surface area contributed by atoms with Crippen LogP contribution in [-0.4, -0.2) is 50.1 Å². The number of esters is 1. The minimum atomic E-state index is -3.58. The highest BCUT2D eigenvalue weighted by Gasteiger charge is 2.25. The molecule has 1 saturated heterocycles. The van der Waals surface area contributed by atoms with Gasteiger partial charge in [0.2, 0.25) is 10.0 Å². The fraction of sp³-hybridized carbons (Fsp3) is 0.259. The van der Waals surface area contributed by atoms with Gasteiger partial charge in [0.05, 0.1) is 16.1 Å². The predicted molar refractivity (Wildman–Crippen MR) is 146 cm³/mol. The van der Waals surface area contributed by atoms with Crippen LogP contribution in [-0.2, 0) is 19.6 Å². The number of nitrogens with zero attached hydrogens (tertiary/aromatic N) is 1. The number of anilines is 3. The van der Waals surface area contributed by atoms with Crippen LogP contribution in [0.4, 0.5) is 25.8 Å². The lowest BCUT2D eigenvalue weighted by atomic mass is 10.1. The summed E-state index contributed by atoms with van der Waals surface area (Å²) in [5, 5.41) is 5.64. The number of nitrogens with one attached hydrogen (secondary N) is 2. The van der Waals surface area contributed by atoms with Gasteiger partial charge in [0.25, 0.3) is 11.7 Å². The van der Waals surface area contributed by atoms with Crippen molar-refractivity contribution in [2.75, 3.05) is 30.3 Å². The largest absolute Gasteiger partial charge is 0.452 e. The number of benzene rings is 3. The average Bonchev–Trinajstić information content (AvgIpc) is 2.93. The van der Waals surface area contributed by atoms with Gasteiger partial charge in [-0.2, -0.15) is 13.1 Å². The van der Waals surface area contributed by atoms with Crippen LogP contribution in [0.5, 0.6) is 0 Å². The lowest BCUT2D eigenvalue weighted by Crippen LogP contribution is -2.35. The molecule has 39 heavy (non-hydrogen) atoms. The molecule has 0 bridgehead atoms. The normalized spacial score (nSPS) is 14.1. The number of rotatable bonds is 10. The Morgan fingerprint density at radius 1 is 0.897 bits per heavy atom. The first kappa shape index (κ1) is 28.5. The second-order valence-corrected chi connectivity index (χ2v) is 11.7. The molecule has 1 fully saturated rings. The number of carbonyl (C=O) groups excluding carboxylic acids is 2. The van der Waals surface area contributed by atoms with Gasteiger partial charge in [-0.1, -0.05) is 30.3 Å². The topological polar surface area (TPSA) is 105 Å². The standard InChI is InChI=1S/C27H27F2N3O5S2/c28-27(29)38-21-12-8-19(9-13-21)30-24-7-3-2-6-23(24)26(34)37-18-25(33)31-20-10-14-22(15-11-20)39(35,36)32-16-4-1-5-17-32/h2-3,6-15,27,30H,1,4-5,16-18H2,(H,31,33). The Kier molecular flexibility index (Phi) is 9.54. The second kappa shape index (κ2) is 13.0. The first-order valence-electron chi connectivity index (χ1n) is 12.2. The van der Waals surface area contributed by atoms with Crippen LogP contribution in [0.2, 0.25) is 0 Å². The Hall–Kier alpha value is -3.48. The molecule has 8 nitrogen and oxygen atoms in total. The van der Waals surface area contributed by atoms with Crippen molar-refractivity contribution in [1.82, 2.24) is 4.31 Å². The van der Waals surface area contributed by atoms with Crippen molar-refractivity contribution >= 4 is 50.7 Å². The third-order valence-electron chi connectivity index (χ3n) is 5.93. The molecule has 3 aromatic rings. The molecule has 0 saturated carbocycles. The minimum Gasteiger partial charge on any atom is -0.452 e. The molecule has 206 valence electrons. The third-order valence-corrected chi connectivity index (χ3v) is 8.57. The first-order valence-corrected chi connectivity index (χ1v) is 14.5. The molecule has 1 heterocycles. The summed E-state index contributed by atoms with van der Waals surface area (Å²) in [6.07, 6.45) is 2.69. The first-order chi connectivity index (χ1) is 18.7. The molecule has 1 aliphatic rings. The van der Waals surface area contributed by atoms with E-state index in [-0.39, 0.29) is 10.5 Å². The summed E-state index contributed by atoms with van der Waals surface area (Å²) in [6.45, 7) is 0.440. The zero-order valence-corrected chi connectivity index (χ0v) is 22.4. The summed E-state index contributed by atoms with van der Waals surface area (Å²) in [6, 6.07) is 18.7. The average molecular weight is 576 g/mol. The molecule has 4 rings (SSSR count). The molecule has 1 amide bonds. The van der Waals surface area contributed by atoms with E-state index < -0.39 is 34.3 Å². The number of para-hydroxylation sites is 1. The van der Waals surface area contributed by atoms with Crippen molar-refractivity contribution in [3.8, 4) is 0 Å². The molecule has 0 aromatic heterocycles. The molecule has 0 radical (unpaired) electrons. The van der Waals surface area contributed by atoms with E-state index in [1.54, 1.807) is 42.5 Å². The van der Waals surface area contributed by atoms with Crippen LogP contribution in [0, 0.1) is 0 Å². The van der Waals surface area contributed by atoms with Crippen molar-refractivity contribution < 1.29 is 31.5 Å². The van der Waals surface area contributed by atoms with Crippen molar-refractivity contribution in [2.24, 2.45) is 0 Å². The molecular weight excluding hydrogens is 548 g/mol. The fourth-order valence-corrected chi connectivity index (χ4v) is 6.03. The summed E-state index contributed by atoms with van der Waals surface area (Å²) in [4.78, 5) is 25.6. The van der Waals surface area contributed by atoms with Gasteiger partial charge >= 0.3 is 5.97 Å². The van der Waals surface area contributed by atoms with E-state index in [0.717, 1.165) is 19.3 Å². The highest BCUT2D eigenvalue weighted by Crippen LogP contribution is 2.28. The van der Waals surface area contributed by atoms with Gasteiger partial charge < -0.3 is 15.4 Å². The van der Waals surface area contributed by atoms with Gasteiger partial charge in [-0.05, 0) is 73.5 Å². The van der Waals surface area contributed by atoms with Gasteiger partial charge in [0, 0.05) is 29.4 Å². The van der Waals surface area contributed by atoms with Crippen LogP contribution < -0.4 is 10.6 Å². The van der Waals surface area contributed by atoms with Crippen LogP contribution >= 0.6 is 11.8 Å². The van der Waals surface area contributed by atoms with E-state index in [1.807, 2.05) is 0 Å². The van der Waals surface area contributed by atoms with E-state index in [2.05, 4.69) is 10.6 Å². The van der Waals surface area contributed by atoms with E-state index >= 15 is 0 Å². The van der Waals surface area contributed by atoms with Crippen molar-refractivity contribution in [3.05, 3.63) is 78.4 Å². The quantitative estimate of drug-likeness (QED) is 0.236. The van der Waals surface area contributed by atoms with E-state index in [0.29, 0.717) is 46.8 Å². The van der Waals surface area contributed by atoms with Gasteiger partial charge in [-0.25, -0.2) is 13.2 Å². The van der Waals surface area contributed by atoms with Crippen LogP contribution in [0.15, 0.2) is 82.6 Å². The maximum atomic E-state index is 12.8. The third kappa shape index (κ3) is 7.78. The predicted octanol–water partition coefficient (Wildman–Crippen LogP) is 5.72. The smallest absolute Gasteiger partial charge is 0.340 e. The molecule has 3 aromatic carbocycles. The zero-order chi connectivity index (χ0) is 27.8. The number of hydrogen-bond donors (Lipinski definition) is 2. The maximum Gasteiger partial charge on any atom is 0.340 e. The summed E-state index contributed by atoms with van der Waals surface area (Å²) < 4.78 is 57.3. The summed E-state index contributed by atoms with van der Waals surface area (Å²) in [5.41, 5.74) is 1.55. The van der Waals surface area contributed by atoms with Crippen molar-refractivity contribution in [1.29, 1.82) is 0 Å². The Morgan fingerprint density at radius 3 is 2.21 bits per heavy atom. The lowest BCUT2D eigenvalue weighted by Gasteiger charge is -2.25. The maximum absolute atomic E-state index is 12.8. The number of halogens is 2. The SMILES string of the molecule is O=C(COC(=O)c1ccccc1Nc1ccc(SC(F)F)cc1)Nc1ccc(S(=O)(=O)N2CCCCC2)cc1. The van der Waals surface area contributed by atoms with Gasteiger partial charge in [-0.3, -0.25) is 4.79 Å². The Bertz CT molecular complexity index is 1400. The summed E-state index contributed by atoms with van der Waals surface area (Å²) in [7, 11) is -3.58. The Balaban J connectivity index is 1.32. The molecule has 0 spiro atoms. The van der Waals surface area contributed by atoms with Gasteiger partial charge in [0.15, 0.2) is 6.61 Å². The van der Waals surface area contributed by atoms with E-state index in [4.69, 9.17) is 4.74 Å². The van der Waals surface area contributed by atoms with Crippen molar-refractivity contribution in [2.45, 2.75) is 34.8 Å². The van der Waals surface area contributed by atoms with Crippen molar-refractivity contribution in [3.63, 3.8) is 0 Å². The minimum absolute atomic E-state index is 0.153. The van der Waals surface area contributed by atoms with Gasteiger partial charge in [-0.15, -0.1) is 0 Å². The molecule has 0 aliphatic carbocycles. The second-order valence-electron chi connectivity index (χ2n) is 8.69. The number of alkyl halides is 2. The molecule has 2 N–H and O–H groups in total. The molecular formula is C27H27F2N3O5S2. The van der Waals surface area contributed by atoms with Crippen LogP contribution in [0.1, 0.15) is 29.6 Å². The van der Waals surface area contributed by atoms with E-state index in [1.165, 1.54) is 34.6 Å². The highest BCUT2D eigenvalue weighted by molar-refractivity contribution is 7.99. The Labute approximate surface area is 229 Å². The van der Waals surface area contributed by atoms with Crippen LogP contribution in [0.3, 0.4) is 0 Å². The monoisotopic (exact) mass is 575 g/mol. The van der Waals surface area contributed by atoms with E-state index in [9.17, 15) is 26.8 Å². The van der Waals surface area contributed by atoms with Gasteiger partial charge in [0.1, 0.15) is 0 Å².